The average molecular weight is 202 g/mol. The second-order valence-corrected chi connectivity index (χ2v) is 3.18. The minimum Gasteiger partial charge on any atom is -0.0984 e. The maximum atomic E-state index is 3.80. The van der Waals surface area contributed by atoms with Gasteiger partial charge in [-0.15, -0.1) is 0 Å². The quantitative estimate of drug-likeness (QED) is 0.634. The van der Waals surface area contributed by atoms with Crippen molar-refractivity contribution in [3.8, 4) is 0 Å². The minimum atomic E-state index is 1.10. The van der Waals surface area contributed by atoms with Crippen LogP contribution in [0.1, 0.15) is 45.2 Å². The second kappa shape index (κ2) is 8.05. The van der Waals surface area contributed by atoms with Crippen molar-refractivity contribution in [3.63, 3.8) is 0 Å². The first-order valence-electron chi connectivity index (χ1n) is 5.66. The van der Waals surface area contributed by atoms with Gasteiger partial charge in [0.15, 0.2) is 0 Å². The van der Waals surface area contributed by atoms with Crippen LogP contribution >= 0.6 is 0 Å². The van der Waals surface area contributed by atoms with Gasteiger partial charge in [0, 0.05) is 0 Å². The summed E-state index contributed by atoms with van der Waals surface area (Å²) in [5.41, 5.74) is 3.86. The van der Waals surface area contributed by atoms with Crippen LogP contribution in [0.4, 0.5) is 0 Å². The van der Waals surface area contributed by atoms with Crippen molar-refractivity contribution >= 4 is 12.2 Å². The summed E-state index contributed by atoms with van der Waals surface area (Å²) in [6, 6.07) is 8.30. The standard InChI is InChI=1S/C13H16.C2H6/c1-4-11(3)10-13-9-7-6-8-12(13)5-2;1-2/h5-10H,2,4H2,1,3H3;1-2H3/b11-10-;. The van der Waals surface area contributed by atoms with Crippen molar-refractivity contribution in [2.75, 3.05) is 0 Å². The molecule has 0 spiro atoms. The lowest BCUT2D eigenvalue weighted by molar-refractivity contribution is 1.11. The first kappa shape index (κ1) is 13.7. The van der Waals surface area contributed by atoms with E-state index in [1.165, 1.54) is 16.7 Å². The maximum Gasteiger partial charge on any atom is -0.0185 e. The monoisotopic (exact) mass is 202 g/mol. The molecule has 0 amide bonds. The van der Waals surface area contributed by atoms with Crippen molar-refractivity contribution in [1.82, 2.24) is 0 Å². The first-order valence-corrected chi connectivity index (χ1v) is 5.66. The second-order valence-electron chi connectivity index (χ2n) is 3.18. The summed E-state index contributed by atoms with van der Waals surface area (Å²) < 4.78 is 0. The Morgan fingerprint density at radius 3 is 2.20 bits per heavy atom. The van der Waals surface area contributed by atoms with Crippen molar-refractivity contribution in [2.24, 2.45) is 0 Å². The van der Waals surface area contributed by atoms with Gasteiger partial charge in [-0.25, -0.2) is 0 Å². The predicted molar refractivity (Wildman–Crippen MR) is 71.8 cm³/mol. The summed E-state index contributed by atoms with van der Waals surface area (Å²) in [4.78, 5) is 0. The summed E-state index contributed by atoms with van der Waals surface area (Å²) in [5.74, 6) is 0. The molecule has 0 saturated heterocycles. The number of hydrogen-bond donors (Lipinski definition) is 0. The maximum absolute atomic E-state index is 3.80. The van der Waals surface area contributed by atoms with Gasteiger partial charge < -0.3 is 0 Å². The van der Waals surface area contributed by atoms with Gasteiger partial charge >= 0.3 is 0 Å². The van der Waals surface area contributed by atoms with Gasteiger partial charge in [-0.05, 0) is 24.5 Å². The summed E-state index contributed by atoms with van der Waals surface area (Å²) >= 11 is 0. The van der Waals surface area contributed by atoms with E-state index in [1.807, 2.05) is 26.0 Å². The molecule has 1 rings (SSSR count). The fourth-order valence-electron chi connectivity index (χ4n) is 1.20. The smallest absolute Gasteiger partial charge is 0.0185 e. The molecule has 0 atom stereocenters. The van der Waals surface area contributed by atoms with Gasteiger partial charge in [0.1, 0.15) is 0 Å². The molecule has 0 aliphatic rings. The highest BCUT2D eigenvalue weighted by molar-refractivity contribution is 5.65. The fraction of sp³-hybridized carbons (Fsp3) is 0.333. The third kappa shape index (κ3) is 4.64. The van der Waals surface area contributed by atoms with Crippen molar-refractivity contribution in [2.45, 2.75) is 34.1 Å². The zero-order valence-corrected chi connectivity index (χ0v) is 10.4. The van der Waals surface area contributed by atoms with E-state index in [4.69, 9.17) is 0 Å². The van der Waals surface area contributed by atoms with E-state index >= 15 is 0 Å². The zero-order valence-electron chi connectivity index (χ0n) is 10.4. The normalized spacial score (nSPS) is 10.3. The molecule has 1 aromatic carbocycles. The van der Waals surface area contributed by atoms with Crippen LogP contribution in [0.5, 0.6) is 0 Å². The van der Waals surface area contributed by atoms with E-state index in [0.717, 1.165) is 6.42 Å². The average Bonchev–Trinajstić information content (AvgIpc) is 2.32. The number of hydrogen-bond acceptors (Lipinski definition) is 0. The Morgan fingerprint density at radius 2 is 1.73 bits per heavy atom. The third-order valence-electron chi connectivity index (χ3n) is 2.18. The summed E-state index contributed by atoms with van der Waals surface area (Å²) in [5, 5.41) is 0. The zero-order chi connectivity index (χ0) is 11.7. The van der Waals surface area contributed by atoms with Crippen LogP contribution in [-0.2, 0) is 0 Å². The Balaban J connectivity index is 0.000000921. The molecule has 82 valence electrons. The lowest BCUT2D eigenvalue weighted by Crippen LogP contribution is -1.80. The lowest BCUT2D eigenvalue weighted by atomic mass is 10.0. The van der Waals surface area contributed by atoms with Gasteiger partial charge in [0.2, 0.25) is 0 Å². The van der Waals surface area contributed by atoms with E-state index in [2.05, 4.69) is 44.7 Å². The van der Waals surface area contributed by atoms with Crippen LogP contribution in [0.3, 0.4) is 0 Å². The van der Waals surface area contributed by atoms with Crippen LogP contribution in [-0.4, -0.2) is 0 Å². The topological polar surface area (TPSA) is 0 Å². The molecule has 0 bridgehead atoms. The number of rotatable bonds is 3. The highest BCUT2D eigenvalue weighted by atomic mass is 14.0. The Hall–Kier alpha value is -1.30. The van der Waals surface area contributed by atoms with Gasteiger partial charge in [0.25, 0.3) is 0 Å². The summed E-state index contributed by atoms with van der Waals surface area (Å²) in [6.07, 6.45) is 5.22. The largest absolute Gasteiger partial charge is 0.0984 e. The highest BCUT2D eigenvalue weighted by Gasteiger charge is 1.93. The van der Waals surface area contributed by atoms with Crippen molar-refractivity contribution < 1.29 is 0 Å². The van der Waals surface area contributed by atoms with E-state index in [0.29, 0.717) is 0 Å². The molecule has 0 unspecified atom stereocenters. The molecule has 0 N–H and O–H groups in total. The van der Waals surface area contributed by atoms with Gasteiger partial charge in [-0.2, -0.15) is 0 Å². The summed E-state index contributed by atoms with van der Waals surface area (Å²) in [7, 11) is 0. The molecule has 0 heteroatoms. The Bertz CT molecular complexity index is 319. The Morgan fingerprint density at radius 1 is 1.20 bits per heavy atom. The van der Waals surface area contributed by atoms with E-state index in [9.17, 15) is 0 Å². The molecule has 0 aliphatic heterocycles. The first-order chi connectivity index (χ1) is 7.27. The summed E-state index contributed by atoms with van der Waals surface area (Å²) in [6.45, 7) is 12.1. The molecule has 0 radical (unpaired) electrons. The fourth-order valence-corrected chi connectivity index (χ4v) is 1.20. The molecular weight excluding hydrogens is 180 g/mol. The van der Waals surface area contributed by atoms with Crippen molar-refractivity contribution in [1.29, 1.82) is 0 Å². The van der Waals surface area contributed by atoms with E-state index in [1.54, 1.807) is 0 Å². The van der Waals surface area contributed by atoms with Gasteiger partial charge in [-0.3, -0.25) is 0 Å². The molecule has 0 heterocycles. The highest BCUT2D eigenvalue weighted by Crippen LogP contribution is 2.15. The van der Waals surface area contributed by atoms with Crippen LogP contribution in [0, 0.1) is 0 Å². The SMILES string of the molecule is C=Cc1ccccc1/C=C(/C)CC.CC. The number of benzene rings is 1. The Labute approximate surface area is 94.3 Å². The molecule has 0 fully saturated rings. The lowest BCUT2D eigenvalue weighted by Gasteiger charge is -2.01. The molecule has 0 nitrogen and oxygen atoms in total. The van der Waals surface area contributed by atoms with Crippen LogP contribution in [0.25, 0.3) is 12.2 Å². The predicted octanol–water partition coefficient (Wildman–Crippen LogP) is 5.17. The Kier molecular flexibility index (Phi) is 7.35. The van der Waals surface area contributed by atoms with E-state index < -0.39 is 0 Å². The molecular formula is C15H22. The minimum absolute atomic E-state index is 1.10. The molecule has 0 saturated carbocycles. The molecule has 15 heavy (non-hydrogen) atoms. The number of allylic oxidation sites excluding steroid dienone is 1. The van der Waals surface area contributed by atoms with Gasteiger partial charge in [0.05, 0.1) is 0 Å². The molecule has 1 aromatic rings. The van der Waals surface area contributed by atoms with Crippen molar-refractivity contribution in [3.05, 3.63) is 47.5 Å². The third-order valence-corrected chi connectivity index (χ3v) is 2.18. The van der Waals surface area contributed by atoms with Gasteiger partial charge in [-0.1, -0.05) is 69.3 Å². The van der Waals surface area contributed by atoms with Crippen LogP contribution in [0.15, 0.2) is 36.4 Å². The van der Waals surface area contributed by atoms with Crippen LogP contribution < -0.4 is 0 Å². The van der Waals surface area contributed by atoms with E-state index in [-0.39, 0.29) is 0 Å². The molecule has 0 aliphatic carbocycles. The molecule has 0 aromatic heterocycles. The van der Waals surface area contributed by atoms with Crippen LogP contribution in [0.2, 0.25) is 0 Å².